The molecule has 0 aliphatic carbocycles. The maximum atomic E-state index is 4.38. The van der Waals surface area contributed by atoms with Crippen molar-refractivity contribution in [2.45, 2.75) is 13.0 Å². The lowest BCUT2D eigenvalue weighted by atomic mass is 10.2. The highest BCUT2D eigenvalue weighted by atomic mass is 15.3. The molecule has 0 radical (unpaired) electrons. The number of rotatable bonds is 3. The lowest BCUT2D eigenvalue weighted by Gasteiger charge is -2.16. The summed E-state index contributed by atoms with van der Waals surface area (Å²) in [6.07, 6.45) is 4.33. The van der Waals surface area contributed by atoms with Crippen LogP contribution in [0, 0.1) is 0 Å². The average molecular weight is 256 g/mol. The van der Waals surface area contributed by atoms with E-state index in [-0.39, 0.29) is 0 Å². The lowest BCUT2D eigenvalue weighted by molar-refractivity contribution is 0.702. The fourth-order valence-electron chi connectivity index (χ4n) is 1.99. The van der Waals surface area contributed by atoms with Crippen LogP contribution in [0.5, 0.6) is 0 Å². The van der Waals surface area contributed by atoms with Gasteiger partial charge in [-0.3, -0.25) is 4.99 Å². The van der Waals surface area contributed by atoms with Crippen LogP contribution in [0.1, 0.15) is 12.0 Å². The third-order valence-electron chi connectivity index (χ3n) is 2.95. The van der Waals surface area contributed by atoms with Crippen molar-refractivity contribution in [3.05, 3.63) is 42.5 Å². The Labute approximate surface area is 111 Å². The molecular weight excluding hydrogens is 240 g/mol. The molecular formula is C13H16N6. The van der Waals surface area contributed by atoms with E-state index in [0.29, 0.717) is 0 Å². The van der Waals surface area contributed by atoms with E-state index in [4.69, 9.17) is 0 Å². The molecule has 0 unspecified atom stereocenters. The molecule has 0 bridgehead atoms. The van der Waals surface area contributed by atoms with Gasteiger partial charge < -0.3 is 10.6 Å². The fraction of sp³-hybridized carbons (Fsp3) is 0.308. The molecule has 0 saturated carbocycles. The monoisotopic (exact) mass is 256 g/mol. The summed E-state index contributed by atoms with van der Waals surface area (Å²) in [4.78, 5) is 8.34. The summed E-state index contributed by atoms with van der Waals surface area (Å²) in [7, 11) is 0. The molecule has 2 aromatic rings. The molecule has 6 heteroatoms. The second-order valence-corrected chi connectivity index (χ2v) is 4.37. The summed E-state index contributed by atoms with van der Waals surface area (Å²) in [6.45, 7) is 2.63. The van der Waals surface area contributed by atoms with Crippen molar-refractivity contribution >= 4 is 5.96 Å². The van der Waals surface area contributed by atoms with Gasteiger partial charge in [-0.25, -0.2) is 9.67 Å². The van der Waals surface area contributed by atoms with E-state index in [0.717, 1.165) is 37.7 Å². The van der Waals surface area contributed by atoms with Gasteiger partial charge in [0.1, 0.15) is 12.7 Å². The zero-order valence-electron chi connectivity index (χ0n) is 10.6. The van der Waals surface area contributed by atoms with Crippen LogP contribution in [-0.4, -0.2) is 33.8 Å². The van der Waals surface area contributed by atoms with Crippen LogP contribution in [0.4, 0.5) is 0 Å². The van der Waals surface area contributed by atoms with Crippen LogP contribution in [0.15, 0.2) is 41.9 Å². The smallest absolute Gasteiger partial charge is 0.191 e. The number of aromatic nitrogens is 3. The van der Waals surface area contributed by atoms with Gasteiger partial charge in [0.2, 0.25) is 0 Å². The first-order valence-electron chi connectivity index (χ1n) is 6.38. The Morgan fingerprint density at radius 1 is 1.37 bits per heavy atom. The molecule has 19 heavy (non-hydrogen) atoms. The fourth-order valence-corrected chi connectivity index (χ4v) is 1.99. The Bertz CT molecular complexity index is 560. The van der Waals surface area contributed by atoms with Crippen molar-refractivity contribution in [1.29, 1.82) is 0 Å². The minimum absolute atomic E-state index is 0.744. The second kappa shape index (κ2) is 5.51. The molecule has 1 aromatic heterocycles. The predicted octanol–water partition coefficient (Wildman–Crippen LogP) is 0.706. The molecule has 2 N–H and O–H groups in total. The minimum atomic E-state index is 0.744. The number of hydrogen-bond donors (Lipinski definition) is 2. The predicted molar refractivity (Wildman–Crippen MR) is 73.1 cm³/mol. The third kappa shape index (κ3) is 2.90. The molecule has 0 fully saturated rings. The standard InChI is InChI=1S/C13H16N6/c1-3-11(8-17-13-15-5-2-6-16-13)7-12(4-1)19-10-14-9-18-19/h1,3-4,7,9-10H,2,5-6,8H2,(H2,15,16,17). The average Bonchev–Trinajstić information content (AvgIpc) is 3.01. The van der Waals surface area contributed by atoms with Crippen LogP contribution in [0.2, 0.25) is 0 Å². The second-order valence-electron chi connectivity index (χ2n) is 4.37. The van der Waals surface area contributed by atoms with Gasteiger partial charge in [0, 0.05) is 19.6 Å². The lowest BCUT2D eigenvalue weighted by Crippen LogP contribution is -2.40. The van der Waals surface area contributed by atoms with Crippen LogP contribution < -0.4 is 10.6 Å². The first kappa shape index (κ1) is 11.7. The van der Waals surface area contributed by atoms with Crippen LogP contribution in [-0.2, 0) is 6.54 Å². The van der Waals surface area contributed by atoms with Crippen molar-refractivity contribution in [1.82, 2.24) is 25.4 Å². The Kier molecular flexibility index (Phi) is 3.40. The summed E-state index contributed by atoms with van der Waals surface area (Å²) >= 11 is 0. The largest absolute Gasteiger partial charge is 0.356 e. The van der Waals surface area contributed by atoms with E-state index in [9.17, 15) is 0 Å². The van der Waals surface area contributed by atoms with Gasteiger partial charge in [-0.15, -0.1) is 0 Å². The highest BCUT2D eigenvalue weighted by molar-refractivity contribution is 5.80. The van der Waals surface area contributed by atoms with E-state index >= 15 is 0 Å². The first-order valence-corrected chi connectivity index (χ1v) is 6.38. The van der Waals surface area contributed by atoms with Gasteiger partial charge in [-0.2, -0.15) is 5.10 Å². The summed E-state index contributed by atoms with van der Waals surface area (Å²) in [6, 6.07) is 8.20. The molecule has 0 spiro atoms. The molecule has 1 aliphatic rings. The van der Waals surface area contributed by atoms with Crippen LogP contribution in [0.25, 0.3) is 5.69 Å². The van der Waals surface area contributed by atoms with Gasteiger partial charge in [-0.05, 0) is 24.1 Å². The van der Waals surface area contributed by atoms with E-state index < -0.39 is 0 Å². The SMILES string of the molecule is c1cc(CNC2=NCCCN2)cc(-n2cncn2)c1. The van der Waals surface area contributed by atoms with E-state index in [1.54, 1.807) is 11.0 Å². The van der Waals surface area contributed by atoms with Crippen molar-refractivity contribution < 1.29 is 0 Å². The molecule has 0 amide bonds. The normalized spacial score (nSPS) is 14.6. The van der Waals surface area contributed by atoms with Gasteiger partial charge in [0.25, 0.3) is 0 Å². The van der Waals surface area contributed by atoms with Crippen LogP contribution in [0.3, 0.4) is 0 Å². The van der Waals surface area contributed by atoms with Gasteiger partial charge in [0.05, 0.1) is 5.69 Å². The molecule has 6 nitrogen and oxygen atoms in total. The maximum absolute atomic E-state index is 4.38. The zero-order chi connectivity index (χ0) is 12.9. The summed E-state index contributed by atoms with van der Waals surface area (Å²) < 4.78 is 1.75. The molecule has 0 saturated heterocycles. The molecule has 1 aliphatic heterocycles. The van der Waals surface area contributed by atoms with Crippen molar-refractivity contribution in [2.75, 3.05) is 13.1 Å². The van der Waals surface area contributed by atoms with Gasteiger partial charge in [-0.1, -0.05) is 12.1 Å². The molecule has 1 aromatic carbocycles. The summed E-state index contributed by atoms with van der Waals surface area (Å²) in [5, 5.41) is 10.7. The first-order chi connectivity index (χ1) is 9.42. The molecule has 98 valence electrons. The number of hydrogen-bond acceptors (Lipinski definition) is 5. The maximum Gasteiger partial charge on any atom is 0.191 e. The van der Waals surface area contributed by atoms with E-state index in [2.05, 4.69) is 37.8 Å². The number of nitrogens with one attached hydrogen (secondary N) is 2. The van der Waals surface area contributed by atoms with Crippen molar-refractivity contribution in [3.8, 4) is 5.69 Å². The number of nitrogens with zero attached hydrogens (tertiary/aromatic N) is 4. The Hall–Kier alpha value is -2.37. The molecule has 0 atom stereocenters. The van der Waals surface area contributed by atoms with Gasteiger partial charge in [0.15, 0.2) is 5.96 Å². The Balaban J connectivity index is 1.68. The zero-order valence-corrected chi connectivity index (χ0v) is 10.6. The van der Waals surface area contributed by atoms with Crippen molar-refractivity contribution in [3.63, 3.8) is 0 Å². The summed E-state index contributed by atoms with van der Waals surface area (Å²) in [5.41, 5.74) is 2.19. The Morgan fingerprint density at radius 3 is 3.16 bits per heavy atom. The van der Waals surface area contributed by atoms with Crippen LogP contribution >= 0.6 is 0 Å². The highest BCUT2D eigenvalue weighted by Crippen LogP contribution is 2.08. The molecule has 3 rings (SSSR count). The molecule has 2 heterocycles. The minimum Gasteiger partial charge on any atom is -0.356 e. The van der Waals surface area contributed by atoms with Gasteiger partial charge >= 0.3 is 0 Å². The van der Waals surface area contributed by atoms with E-state index in [1.807, 2.05) is 12.1 Å². The number of aliphatic imine (C=N–C) groups is 1. The third-order valence-corrected chi connectivity index (χ3v) is 2.95. The number of benzene rings is 1. The highest BCUT2D eigenvalue weighted by Gasteiger charge is 2.04. The van der Waals surface area contributed by atoms with Crippen molar-refractivity contribution in [2.24, 2.45) is 4.99 Å². The quantitative estimate of drug-likeness (QED) is 0.848. The van der Waals surface area contributed by atoms with E-state index in [1.165, 1.54) is 11.9 Å². The Morgan fingerprint density at radius 2 is 2.37 bits per heavy atom. The topological polar surface area (TPSA) is 67.1 Å². The summed E-state index contributed by atoms with van der Waals surface area (Å²) in [5.74, 6) is 0.886. The number of guanidine groups is 1.